The van der Waals surface area contributed by atoms with E-state index in [1.807, 2.05) is 0 Å². The number of hydrogen-bond donors (Lipinski definition) is 2. The Balaban J connectivity index is 2.31. The highest BCUT2D eigenvalue weighted by Gasteiger charge is 2.36. The van der Waals surface area contributed by atoms with Gasteiger partial charge >= 0.3 is 0 Å². The van der Waals surface area contributed by atoms with Crippen LogP contribution in [-0.2, 0) is 10.0 Å². The van der Waals surface area contributed by atoms with Crippen molar-refractivity contribution in [3.63, 3.8) is 0 Å². The second-order valence-electron chi connectivity index (χ2n) is 5.97. The molecule has 0 amide bonds. The summed E-state index contributed by atoms with van der Waals surface area (Å²) in [4.78, 5) is 0. The van der Waals surface area contributed by atoms with Gasteiger partial charge in [0.2, 0.25) is 10.0 Å². The first kappa shape index (κ1) is 15.9. The molecule has 0 aromatic heterocycles. The van der Waals surface area contributed by atoms with Crippen LogP contribution in [0.5, 0.6) is 0 Å². The number of sulfonamides is 1. The Labute approximate surface area is 112 Å². The molecule has 18 heavy (non-hydrogen) atoms. The highest BCUT2D eigenvalue weighted by molar-refractivity contribution is 7.89. The van der Waals surface area contributed by atoms with Crippen molar-refractivity contribution in [2.45, 2.75) is 58.9 Å². The highest BCUT2D eigenvalue weighted by atomic mass is 32.2. The molecule has 1 fully saturated rings. The third-order valence-corrected chi connectivity index (χ3v) is 5.24. The fourth-order valence-electron chi connectivity index (χ4n) is 2.51. The maximum Gasteiger partial charge on any atom is 0.211 e. The summed E-state index contributed by atoms with van der Waals surface area (Å²) in [5, 5.41) is 3.23. The second-order valence-corrected chi connectivity index (χ2v) is 7.85. The van der Waals surface area contributed by atoms with Crippen LogP contribution in [-0.4, -0.2) is 33.3 Å². The van der Waals surface area contributed by atoms with E-state index < -0.39 is 10.0 Å². The monoisotopic (exact) mass is 276 g/mol. The molecule has 0 aliphatic heterocycles. The molecule has 1 atom stereocenters. The van der Waals surface area contributed by atoms with Gasteiger partial charge in [0.15, 0.2) is 0 Å². The van der Waals surface area contributed by atoms with Crippen molar-refractivity contribution in [2.75, 3.05) is 18.8 Å². The first-order chi connectivity index (χ1) is 8.37. The molecule has 1 rings (SSSR count). The molecule has 1 unspecified atom stereocenters. The molecule has 0 aromatic carbocycles. The zero-order valence-corrected chi connectivity index (χ0v) is 12.8. The Morgan fingerprint density at radius 2 is 2.00 bits per heavy atom. The average molecular weight is 276 g/mol. The third kappa shape index (κ3) is 5.24. The first-order valence-corrected chi connectivity index (χ1v) is 8.73. The molecule has 0 saturated heterocycles. The lowest BCUT2D eigenvalue weighted by Gasteiger charge is -2.27. The minimum atomic E-state index is -3.11. The van der Waals surface area contributed by atoms with E-state index in [-0.39, 0.29) is 17.2 Å². The van der Waals surface area contributed by atoms with Gasteiger partial charge in [0.1, 0.15) is 0 Å². The van der Waals surface area contributed by atoms with Gasteiger partial charge < -0.3 is 5.32 Å². The van der Waals surface area contributed by atoms with E-state index in [0.717, 1.165) is 38.8 Å². The standard InChI is InChI=1S/C13H28N2O2S/c1-4-9-14-10-6-11-18(16,17)15-12-7-5-8-13(12,2)3/h12,14-15H,4-11H2,1-3H3. The molecule has 5 heteroatoms. The first-order valence-electron chi connectivity index (χ1n) is 7.08. The lowest BCUT2D eigenvalue weighted by Crippen LogP contribution is -2.42. The van der Waals surface area contributed by atoms with Crippen LogP contribution in [0, 0.1) is 5.41 Å². The summed E-state index contributed by atoms with van der Waals surface area (Å²) in [6, 6.07) is 0.117. The highest BCUT2D eigenvalue weighted by Crippen LogP contribution is 2.37. The molecular formula is C13H28N2O2S. The molecule has 0 spiro atoms. The molecule has 0 bridgehead atoms. The predicted molar refractivity (Wildman–Crippen MR) is 76.1 cm³/mol. The van der Waals surface area contributed by atoms with Gasteiger partial charge in [-0.15, -0.1) is 0 Å². The molecule has 0 radical (unpaired) electrons. The van der Waals surface area contributed by atoms with Gasteiger partial charge in [0.05, 0.1) is 5.75 Å². The Hall–Kier alpha value is -0.130. The van der Waals surface area contributed by atoms with E-state index >= 15 is 0 Å². The van der Waals surface area contributed by atoms with E-state index in [9.17, 15) is 8.42 Å². The smallest absolute Gasteiger partial charge is 0.211 e. The van der Waals surface area contributed by atoms with E-state index in [0.29, 0.717) is 6.42 Å². The topological polar surface area (TPSA) is 58.2 Å². The Morgan fingerprint density at radius 1 is 1.28 bits per heavy atom. The number of hydrogen-bond acceptors (Lipinski definition) is 3. The molecule has 4 nitrogen and oxygen atoms in total. The van der Waals surface area contributed by atoms with Crippen LogP contribution in [0.15, 0.2) is 0 Å². The maximum absolute atomic E-state index is 12.0. The summed E-state index contributed by atoms with van der Waals surface area (Å²) < 4.78 is 26.8. The largest absolute Gasteiger partial charge is 0.317 e. The molecule has 1 saturated carbocycles. The van der Waals surface area contributed by atoms with Crippen molar-refractivity contribution in [3.05, 3.63) is 0 Å². The van der Waals surface area contributed by atoms with Crippen molar-refractivity contribution in [1.82, 2.24) is 10.0 Å². The molecular weight excluding hydrogens is 248 g/mol. The van der Waals surface area contributed by atoms with Crippen molar-refractivity contribution < 1.29 is 8.42 Å². The lowest BCUT2D eigenvalue weighted by molar-refractivity contribution is 0.313. The van der Waals surface area contributed by atoms with Gasteiger partial charge in [-0.1, -0.05) is 27.2 Å². The third-order valence-electron chi connectivity index (χ3n) is 3.77. The van der Waals surface area contributed by atoms with Crippen LogP contribution in [0.1, 0.15) is 52.9 Å². The van der Waals surface area contributed by atoms with Crippen LogP contribution in [0.4, 0.5) is 0 Å². The van der Waals surface area contributed by atoms with Crippen LogP contribution in [0.25, 0.3) is 0 Å². The Bertz CT molecular complexity index is 339. The zero-order valence-electron chi connectivity index (χ0n) is 12.0. The minimum absolute atomic E-state index is 0.105. The van der Waals surface area contributed by atoms with E-state index in [1.54, 1.807) is 0 Å². The summed E-state index contributed by atoms with van der Waals surface area (Å²) in [6.07, 6.45) is 4.97. The predicted octanol–water partition coefficient (Wildman–Crippen LogP) is 1.87. The molecule has 2 N–H and O–H groups in total. The van der Waals surface area contributed by atoms with Crippen LogP contribution in [0.2, 0.25) is 0 Å². The van der Waals surface area contributed by atoms with E-state index in [1.165, 1.54) is 0 Å². The van der Waals surface area contributed by atoms with Gasteiger partial charge in [0.25, 0.3) is 0 Å². The van der Waals surface area contributed by atoms with Crippen molar-refractivity contribution in [1.29, 1.82) is 0 Å². The average Bonchev–Trinajstić information content (AvgIpc) is 2.57. The summed E-state index contributed by atoms with van der Waals surface area (Å²) in [5.74, 6) is 0.232. The summed E-state index contributed by atoms with van der Waals surface area (Å²) in [5.41, 5.74) is 0.105. The molecule has 1 aliphatic rings. The zero-order chi connectivity index (χ0) is 13.6. The van der Waals surface area contributed by atoms with Crippen LogP contribution in [0.3, 0.4) is 0 Å². The van der Waals surface area contributed by atoms with Crippen molar-refractivity contribution in [2.24, 2.45) is 5.41 Å². The number of nitrogens with one attached hydrogen (secondary N) is 2. The van der Waals surface area contributed by atoms with E-state index in [4.69, 9.17) is 0 Å². The van der Waals surface area contributed by atoms with Gasteiger partial charge in [-0.3, -0.25) is 0 Å². The fourth-order valence-corrected chi connectivity index (χ4v) is 4.02. The summed E-state index contributed by atoms with van der Waals surface area (Å²) in [6.45, 7) is 8.14. The van der Waals surface area contributed by atoms with Crippen molar-refractivity contribution >= 4 is 10.0 Å². The minimum Gasteiger partial charge on any atom is -0.317 e. The molecule has 0 heterocycles. The summed E-state index contributed by atoms with van der Waals surface area (Å²) >= 11 is 0. The fraction of sp³-hybridized carbons (Fsp3) is 1.00. The second kappa shape index (κ2) is 6.87. The van der Waals surface area contributed by atoms with Crippen LogP contribution >= 0.6 is 0 Å². The maximum atomic E-state index is 12.0. The quantitative estimate of drug-likeness (QED) is 0.665. The Kier molecular flexibility index (Phi) is 6.08. The molecule has 1 aliphatic carbocycles. The van der Waals surface area contributed by atoms with Gasteiger partial charge in [0, 0.05) is 6.04 Å². The van der Waals surface area contributed by atoms with E-state index in [2.05, 4.69) is 30.8 Å². The lowest BCUT2D eigenvalue weighted by atomic mass is 9.88. The van der Waals surface area contributed by atoms with Gasteiger partial charge in [-0.2, -0.15) is 0 Å². The van der Waals surface area contributed by atoms with Gasteiger partial charge in [-0.25, -0.2) is 13.1 Å². The summed E-state index contributed by atoms with van der Waals surface area (Å²) in [7, 11) is -3.11. The Morgan fingerprint density at radius 3 is 2.56 bits per heavy atom. The molecule has 0 aromatic rings. The SMILES string of the molecule is CCCNCCCS(=O)(=O)NC1CCCC1(C)C. The number of rotatable bonds is 8. The van der Waals surface area contributed by atoms with Crippen LogP contribution < -0.4 is 10.0 Å². The van der Waals surface area contributed by atoms with Crippen molar-refractivity contribution in [3.8, 4) is 0 Å². The normalized spacial score (nSPS) is 23.4. The molecule has 108 valence electrons. The van der Waals surface area contributed by atoms with Gasteiger partial charge in [-0.05, 0) is 44.2 Å².